The number of halogens is 2. The Morgan fingerprint density at radius 1 is 0.879 bits per heavy atom. The molecule has 5 rings (SSSR count). The first-order valence-electron chi connectivity index (χ1n) is 11.0. The molecule has 7 heteroatoms. The summed E-state index contributed by atoms with van der Waals surface area (Å²) >= 11 is 0. The van der Waals surface area contributed by atoms with Crippen LogP contribution in [-0.2, 0) is 6.54 Å². The number of β-amino-alcohol motifs (C(OH)–C–C–N with tert-alkyl or cyclic N) is 1. The molecule has 1 aliphatic rings. The number of amides is 2. The van der Waals surface area contributed by atoms with E-state index >= 15 is 0 Å². The fourth-order valence-corrected chi connectivity index (χ4v) is 4.80. The minimum atomic E-state index is -1.27. The average Bonchev–Trinajstić information content (AvgIpc) is 3.07. The third kappa shape index (κ3) is 4.04. The van der Waals surface area contributed by atoms with Crippen LogP contribution in [-0.4, -0.2) is 45.8 Å². The molecule has 0 aliphatic carbocycles. The molecular weight excluding hydrogens is 424 g/mol. The van der Waals surface area contributed by atoms with Crippen LogP contribution in [0, 0.1) is 11.6 Å². The second kappa shape index (κ2) is 8.15. The van der Waals surface area contributed by atoms with E-state index in [1.807, 2.05) is 34.9 Å². The molecular formula is C26H25F2N3O2. The van der Waals surface area contributed by atoms with Gasteiger partial charge < -0.3 is 14.6 Å². The van der Waals surface area contributed by atoms with Crippen molar-refractivity contribution in [2.24, 2.45) is 0 Å². The van der Waals surface area contributed by atoms with Crippen LogP contribution in [0.15, 0.2) is 66.7 Å². The number of carbonyl (C=O) groups is 1. The second-order valence-electron chi connectivity index (χ2n) is 8.95. The highest BCUT2D eigenvalue weighted by Crippen LogP contribution is 2.32. The maximum Gasteiger partial charge on any atom is 0.324 e. The van der Waals surface area contributed by atoms with Crippen molar-refractivity contribution in [2.45, 2.75) is 25.5 Å². The molecule has 0 bridgehead atoms. The molecule has 1 aliphatic heterocycles. The van der Waals surface area contributed by atoms with Crippen LogP contribution in [0.5, 0.6) is 0 Å². The molecule has 1 unspecified atom stereocenters. The molecule has 1 fully saturated rings. The van der Waals surface area contributed by atoms with Crippen LogP contribution in [0.4, 0.5) is 19.3 Å². The Morgan fingerprint density at radius 2 is 1.48 bits per heavy atom. The molecule has 1 N–H and O–H groups in total. The van der Waals surface area contributed by atoms with Crippen LogP contribution < -0.4 is 4.90 Å². The summed E-state index contributed by atoms with van der Waals surface area (Å²) in [4.78, 5) is 16.6. The Hall–Kier alpha value is -3.45. The number of fused-ring (bicyclic) bond motifs is 3. The molecule has 170 valence electrons. The predicted molar refractivity (Wildman–Crippen MR) is 125 cm³/mol. The average molecular weight is 450 g/mol. The monoisotopic (exact) mass is 449 g/mol. The zero-order chi connectivity index (χ0) is 23.2. The van der Waals surface area contributed by atoms with Crippen molar-refractivity contribution in [3.63, 3.8) is 0 Å². The van der Waals surface area contributed by atoms with Crippen molar-refractivity contribution in [3.8, 4) is 0 Å². The van der Waals surface area contributed by atoms with Gasteiger partial charge in [0.2, 0.25) is 0 Å². The van der Waals surface area contributed by atoms with E-state index in [9.17, 15) is 18.7 Å². The summed E-state index contributed by atoms with van der Waals surface area (Å²) in [5, 5.41) is 12.5. The smallest absolute Gasteiger partial charge is 0.324 e. The Kier molecular flexibility index (Phi) is 5.29. The first-order chi connectivity index (χ1) is 15.8. The number of benzene rings is 3. The third-order valence-corrected chi connectivity index (χ3v) is 6.20. The lowest BCUT2D eigenvalue weighted by atomic mass is 10.1. The number of para-hydroxylation sites is 1. The van der Waals surface area contributed by atoms with E-state index in [0.717, 1.165) is 12.1 Å². The number of nitrogens with zero attached hydrogens (tertiary/aromatic N) is 3. The molecule has 4 aromatic rings. The Bertz CT molecular complexity index is 1270. The number of rotatable bonds is 5. The SMILES string of the molecule is CC(O)(CN1CCCN(c2ccccc2)C1=O)Cn1c2ccc(F)cc2c2cc(F)ccc21. The van der Waals surface area contributed by atoms with Crippen molar-refractivity contribution in [2.75, 3.05) is 24.5 Å². The van der Waals surface area contributed by atoms with Crippen molar-refractivity contribution in [1.82, 2.24) is 9.47 Å². The summed E-state index contributed by atoms with van der Waals surface area (Å²) < 4.78 is 29.7. The predicted octanol–water partition coefficient (Wildman–Crippen LogP) is 5.16. The van der Waals surface area contributed by atoms with Crippen LogP contribution in [0.25, 0.3) is 21.8 Å². The van der Waals surface area contributed by atoms with Crippen molar-refractivity contribution in [1.29, 1.82) is 0 Å². The number of hydrogen-bond donors (Lipinski definition) is 1. The quantitative estimate of drug-likeness (QED) is 0.458. The van der Waals surface area contributed by atoms with Crippen molar-refractivity contribution < 1.29 is 18.7 Å². The molecule has 1 aromatic heterocycles. The lowest BCUT2D eigenvalue weighted by molar-refractivity contribution is 0.0155. The van der Waals surface area contributed by atoms with Crippen molar-refractivity contribution >= 4 is 33.5 Å². The van der Waals surface area contributed by atoms with Gasteiger partial charge in [-0.3, -0.25) is 4.90 Å². The number of urea groups is 1. The summed E-state index contributed by atoms with van der Waals surface area (Å²) in [5.41, 5.74) is 0.969. The number of carbonyl (C=O) groups excluding carboxylic acids is 1. The molecule has 33 heavy (non-hydrogen) atoms. The van der Waals surface area contributed by atoms with E-state index in [2.05, 4.69) is 0 Å². The zero-order valence-corrected chi connectivity index (χ0v) is 18.3. The second-order valence-corrected chi connectivity index (χ2v) is 8.95. The highest BCUT2D eigenvalue weighted by Gasteiger charge is 2.33. The number of aromatic nitrogens is 1. The third-order valence-electron chi connectivity index (χ3n) is 6.20. The number of anilines is 1. The van der Waals surface area contributed by atoms with Crippen LogP contribution in [0.1, 0.15) is 13.3 Å². The molecule has 0 radical (unpaired) electrons. The van der Waals surface area contributed by atoms with Gasteiger partial charge in [0.05, 0.1) is 18.7 Å². The van der Waals surface area contributed by atoms with Crippen LogP contribution in [0.2, 0.25) is 0 Å². The standard InChI is InChI=1S/C26H25F2N3O2/c1-26(33,16-29-12-5-13-30(25(29)32)20-6-3-2-4-7-20)17-31-23-10-8-18(27)14-21(23)22-15-19(28)9-11-24(22)31/h2-4,6-11,14-15,33H,5,12-13,16-17H2,1H3. The number of aliphatic hydroxyl groups is 1. The lowest BCUT2D eigenvalue weighted by Crippen LogP contribution is -2.54. The molecule has 0 spiro atoms. The maximum atomic E-state index is 13.9. The summed E-state index contributed by atoms with van der Waals surface area (Å²) in [6, 6.07) is 18.1. The molecule has 0 saturated carbocycles. The highest BCUT2D eigenvalue weighted by atomic mass is 19.1. The van der Waals surface area contributed by atoms with Crippen LogP contribution >= 0.6 is 0 Å². The van der Waals surface area contributed by atoms with Gasteiger partial charge in [-0.25, -0.2) is 13.6 Å². The summed E-state index contributed by atoms with van der Waals surface area (Å²) in [6.07, 6.45) is 0.796. The van der Waals surface area contributed by atoms with Gasteiger partial charge in [-0.05, 0) is 61.9 Å². The van der Waals surface area contributed by atoms with Crippen LogP contribution in [0.3, 0.4) is 0 Å². The summed E-state index contributed by atoms with van der Waals surface area (Å²) in [7, 11) is 0. The van der Waals surface area contributed by atoms with E-state index in [-0.39, 0.29) is 19.1 Å². The molecule has 5 nitrogen and oxygen atoms in total. The maximum absolute atomic E-state index is 13.9. The minimum Gasteiger partial charge on any atom is -0.386 e. The Morgan fingerprint density at radius 3 is 2.09 bits per heavy atom. The Balaban J connectivity index is 1.45. The topological polar surface area (TPSA) is 48.7 Å². The largest absolute Gasteiger partial charge is 0.386 e. The molecule has 2 amide bonds. The molecule has 3 aromatic carbocycles. The summed E-state index contributed by atoms with van der Waals surface area (Å²) in [6.45, 7) is 3.18. The van der Waals surface area contributed by atoms with Gasteiger partial charge in [0.25, 0.3) is 0 Å². The highest BCUT2D eigenvalue weighted by molar-refractivity contribution is 6.08. The first kappa shape index (κ1) is 21.4. The van der Waals surface area contributed by atoms with Gasteiger partial charge in [0.1, 0.15) is 11.6 Å². The van der Waals surface area contributed by atoms with E-state index in [4.69, 9.17) is 0 Å². The van der Waals surface area contributed by atoms with Gasteiger partial charge >= 0.3 is 6.03 Å². The van der Waals surface area contributed by atoms with Gasteiger partial charge in [-0.2, -0.15) is 0 Å². The summed E-state index contributed by atoms with van der Waals surface area (Å²) in [5.74, 6) is -0.810. The molecule has 2 heterocycles. The van der Waals surface area contributed by atoms with Gasteiger partial charge in [0.15, 0.2) is 0 Å². The lowest BCUT2D eigenvalue weighted by Gasteiger charge is -2.39. The minimum absolute atomic E-state index is 0.138. The van der Waals surface area contributed by atoms with Gasteiger partial charge in [-0.15, -0.1) is 0 Å². The normalized spacial score (nSPS) is 16.5. The zero-order valence-electron chi connectivity index (χ0n) is 18.3. The number of hydrogen-bond acceptors (Lipinski definition) is 2. The van der Waals surface area contributed by atoms with Gasteiger partial charge in [-0.1, -0.05) is 18.2 Å². The molecule has 1 atom stereocenters. The van der Waals surface area contributed by atoms with E-state index < -0.39 is 17.2 Å². The van der Waals surface area contributed by atoms with Gasteiger partial charge in [0, 0.05) is 40.6 Å². The molecule has 1 saturated heterocycles. The first-order valence-corrected chi connectivity index (χ1v) is 11.0. The fraction of sp³-hybridized carbons (Fsp3) is 0.269. The van der Waals surface area contributed by atoms with Crippen molar-refractivity contribution in [3.05, 3.63) is 78.4 Å². The Labute approximate surface area is 190 Å². The van der Waals surface area contributed by atoms with E-state index in [1.54, 1.807) is 28.9 Å². The van der Waals surface area contributed by atoms with E-state index in [1.165, 1.54) is 24.3 Å². The van der Waals surface area contributed by atoms with E-state index in [0.29, 0.717) is 34.9 Å². The fourth-order valence-electron chi connectivity index (χ4n) is 4.80.